The molecule has 0 radical (unpaired) electrons. The van der Waals surface area contributed by atoms with Crippen molar-refractivity contribution in [2.24, 2.45) is 0 Å². The zero-order chi connectivity index (χ0) is 23.7. The second kappa shape index (κ2) is 8.36. The van der Waals surface area contributed by atoms with E-state index in [1.807, 2.05) is 0 Å². The molecule has 1 heterocycles. The van der Waals surface area contributed by atoms with Crippen molar-refractivity contribution >= 4 is 31.3 Å². The van der Waals surface area contributed by atoms with E-state index < -0.39 is 36.0 Å². The van der Waals surface area contributed by atoms with Crippen molar-refractivity contribution in [3.63, 3.8) is 0 Å². The summed E-state index contributed by atoms with van der Waals surface area (Å²) in [6, 6.07) is 12.3. The third kappa shape index (κ3) is 4.81. The summed E-state index contributed by atoms with van der Waals surface area (Å²) in [6.45, 7) is 0. The molecule has 1 amide bonds. The number of amides is 1. The normalized spacial score (nSPS) is 12.4. The molecule has 0 atom stereocenters. The van der Waals surface area contributed by atoms with Crippen LogP contribution in [0.15, 0.2) is 76.7 Å². The van der Waals surface area contributed by atoms with E-state index in [4.69, 9.17) is 0 Å². The minimum Gasteiger partial charge on any atom is -0.322 e. The number of carbonyl (C=O) groups is 1. The molecule has 0 saturated carbocycles. The summed E-state index contributed by atoms with van der Waals surface area (Å²) in [4.78, 5) is 15.6. The van der Waals surface area contributed by atoms with Crippen LogP contribution in [0.25, 0.3) is 11.3 Å². The van der Waals surface area contributed by atoms with E-state index in [0.29, 0.717) is 5.56 Å². The van der Waals surface area contributed by atoms with Gasteiger partial charge in [0.05, 0.1) is 15.5 Å². The highest BCUT2D eigenvalue weighted by molar-refractivity contribution is 7.92. The van der Waals surface area contributed by atoms with Crippen molar-refractivity contribution in [3.05, 3.63) is 72.4 Å². The van der Waals surface area contributed by atoms with Crippen LogP contribution in [0.5, 0.6) is 0 Å². The first kappa shape index (κ1) is 23.4. The number of benzene rings is 2. The smallest absolute Gasteiger partial charge is 0.322 e. The third-order valence-electron chi connectivity index (χ3n) is 4.32. The molecule has 0 aliphatic carbocycles. The summed E-state index contributed by atoms with van der Waals surface area (Å²) < 4.78 is 84.5. The molecule has 0 unspecified atom stereocenters. The molecule has 0 saturated heterocycles. The van der Waals surface area contributed by atoms with Crippen LogP contribution in [-0.2, 0) is 19.7 Å². The maximum atomic E-state index is 12.6. The lowest BCUT2D eigenvalue weighted by Crippen LogP contribution is -2.23. The van der Waals surface area contributed by atoms with Gasteiger partial charge in [-0.25, -0.2) is 16.8 Å². The van der Waals surface area contributed by atoms with Gasteiger partial charge in [-0.15, -0.1) is 0 Å². The molecule has 3 aromatic rings. The Morgan fingerprint density at radius 1 is 0.906 bits per heavy atom. The van der Waals surface area contributed by atoms with Gasteiger partial charge in [-0.05, 0) is 48.5 Å². The molecule has 0 aliphatic heterocycles. The van der Waals surface area contributed by atoms with Gasteiger partial charge in [0.15, 0.2) is 9.84 Å². The molecule has 0 spiro atoms. The van der Waals surface area contributed by atoms with Crippen LogP contribution in [0.1, 0.15) is 10.4 Å². The van der Waals surface area contributed by atoms with Gasteiger partial charge in [0.1, 0.15) is 0 Å². The highest BCUT2D eigenvalue weighted by Gasteiger charge is 2.46. The average Bonchev–Trinajstić information content (AvgIpc) is 2.73. The predicted octanol–water partition coefficient (Wildman–Crippen LogP) is 3.70. The minimum atomic E-state index is -5.48. The van der Waals surface area contributed by atoms with Crippen LogP contribution in [0.3, 0.4) is 0 Å². The fourth-order valence-corrected chi connectivity index (χ4v) is 4.35. The number of pyridine rings is 1. The first-order valence-corrected chi connectivity index (χ1v) is 12.2. The van der Waals surface area contributed by atoms with Gasteiger partial charge in [-0.2, -0.15) is 13.2 Å². The molecule has 168 valence electrons. The predicted molar refractivity (Wildman–Crippen MR) is 110 cm³/mol. The summed E-state index contributed by atoms with van der Waals surface area (Å²) in [5.41, 5.74) is -4.47. The van der Waals surface area contributed by atoms with E-state index in [-0.39, 0.29) is 21.8 Å². The summed E-state index contributed by atoms with van der Waals surface area (Å²) in [7, 11) is -9.01. The number of sulfone groups is 2. The van der Waals surface area contributed by atoms with Crippen LogP contribution >= 0.6 is 0 Å². The SMILES string of the molecule is CS(=O)(=O)c1cccnc1-c1ccc(C(=O)Nc2ccc(S(=O)(=O)C(F)(F)F)cc2)cc1. The van der Waals surface area contributed by atoms with E-state index >= 15 is 0 Å². The Bertz CT molecular complexity index is 1370. The third-order valence-corrected chi connectivity index (χ3v) is 6.95. The topological polar surface area (TPSA) is 110 Å². The Labute approximate surface area is 181 Å². The lowest BCUT2D eigenvalue weighted by molar-refractivity contribution is -0.0436. The standard InChI is InChI=1S/C20H15F3N2O5S2/c1-31(27,28)17-3-2-12-24-18(17)13-4-6-14(7-5-13)19(26)25-15-8-10-16(11-9-15)32(29,30)20(21,22)23/h2-12H,1H3,(H,25,26). The van der Waals surface area contributed by atoms with Gasteiger partial charge in [-0.1, -0.05) is 12.1 Å². The van der Waals surface area contributed by atoms with Crippen molar-refractivity contribution in [3.8, 4) is 11.3 Å². The second-order valence-corrected chi connectivity index (χ2v) is 10.6. The lowest BCUT2D eigenvalue weighted by atomic mass is 10.1. The van der Waals surface area contributed by atoms with E-state index in [1.165, 1.54) is 42.6 Å². The largest absolute Gasteiger partial charge is 0.501 e. The van der Waals surface area contributed by atoms with Gasteiger partial charge in [-0.3, -0.25) is 9.78 Å². The van der Waals surface area contributed by atoms with Crippen molar-refractivity contribution in [1.82, 2.24) is 4.98 Å². The van der Waals surface area contributed by atoms with Gasteiger partial charge < -0.3 is 5.32 Å². The molecule has 32 heavy (non-hydrogen) atoms. The fraction of sp³-hybridized carbons (Fsp3) is 0.100. The Balaban J connectivity index is 1.80. The van der Waals surface area contributed by atoms with Gasteiger partial charge in [0.25, 0.3) is 15.7 Å². The number of halogens is 3. The number of rotatable bonds is 5. The molecule has 7 nitrogen and oxygen atoms in total. The van der Waals surface area contributed by atoms with Crippen LogP contribution in [0, 0.1) is 0 Å². The number of alkyl halides is 3. The first-order chi connectivity index (χ1) is 14.8. The molecule has 3 rings (SSSR count). The number of nitrogens with zero attached hydrogens (tertiary/aromatic N) is 1. The van der Waals surface area contributed by atoms with Crippen LogP contribution in [0.4, 0.5) is 18.9 Å². The fourth-order valence-electron chi connectivity index (χ4n) is 2.74. The van der Waals surface area contributed by atoms with E-state index in [0.717, 1.165) is 30.5 Å². The molecule has 2 aromatic carbocycles. The highest BCUT2D eigenvalue weighted by Crippen LogP contribution is 2.31. The monoisotopic (exact) mass is 484 g/mol. The highest BCUT2D eigenvalue weighted by atomic mass is 32.2. The van der Waals surface area contributed by atoms with Crippen molar-refractivity contribution < 1.29 is 34.8 Å². The summed E-state index contributed by atoms with van der Waals surface area (Å²) in [6.07, 6.45) is 2.49. The molecule has 12 heteroatoms. The van der Waals surface area contributed by atoms with Crippen molar-refractivity contribution in [2.75, 3.05) is 11.6 Å². The Kier molecular flexibility index (Phi) is 6.11. The minimum absolute atomic E-state index is 0.0334. The number of hydrogen-bond acceptors (Lipinski definition) is 6. The van der Waals surface area contributed by atoms with Crippen molar-refractivity contribution in [1.29, 1.82) is 0 Å². The summed E-state index contributed by atoms with van der Waals surface area (Å²) >= 11 is 0. The Morgan fingerprint density at radius 2 is 1.50 bits per heavy atom. The number of hydrogen-bond donors (Lipinski definition) is 1. The lowest BCUT2D eigenvalue weighted by Gasteiger charge is -2.10. The molecule has 0 bridgehead atoms. The molecule has 1 aromatic heterocycles. The summed E-state index contributed by atoms with van der Waals surface area (Å²) in [5.74, 6) is -0.604. The number of carbonyl (C=O) groups excluding carboxylic acids is 1. The van der Waals surface area contributed by atoms with Crippen LogP contribution < -0.4 is 5.32 Å². The average molecular weight is 484 g/mol. The summed E-state index contributed by atoms with van der Waals surface area (Å²) in [5, 5.41) is 2.44. The van der Waals surface area contributed by atoms with Crippen LogP contribution in [-0.4, -0.2) is 39.5 Å². The maximum absolute atomic E-state index is 12.6. The number of anilines is 1. The van der Waals surface area contributed by atoms with Gasteiger partial charge in [0.2, 0.25) is 0 Å². The number of aromatic nitrogens is 1. The van der Waals surface area contributed by atoms with Gasteiger partial charge >= 0.3 is 5.51 Å². The molecular formula is C20H15F3N2O5S2. The van der Waals surface area contributed by atoms with E-state index in [1.54, 1.807) is 0 Å². The van der Waals surface area contributed by atoms with Crippen molar-refractivity contribution in [2.45, 2.75) is 15.3 Å². The van der Waals surface area contributed by atoms with Gasteiger partial charge in [0, 0.05) is 29.3 Å². The zero-order valence-corrected chi connectivity index (χ0v) is 17.9. The maximum Gasteiger partial charge on any atom is 0.501 e. The Hall–Kier alpha value is -3.25. The Morgan fingerprint density at radius 3 is 2.03 bits per heavy atom. The zero-order valence-electron chi connectivity index (χ0n) is 16.3. The number of nitrogens with one attached hydrogen (secondary N) is 1. The second-order valence-electron chi connectivity index (χ2n) is 6.63. The molecule has 1 N–H and O–H groups in total. The van der Waals surface area contributed by atoms with Crippen LogP contribution in [0.2, 0.25) is 0 Å². The molecular weight excluding hydrogens is 469 g/mol. The molecule has 0 aliphatic rings. The van der Waals surface area contributed by atoms with E-state index in [9.17, 15) is 34.8 Å². The first-order valence-electron chi connectivity index (χ1n) is 8.79. The quantitative estimate of drug-likeness (QED) is 0.591. The molecule has 0 fully saturated rings. The van der Waals surface area contributed by atoms with E-state index in [2.05, 4.69) is 10.3 Å².